The second kappa shape index (κ2) is 9.01. The summed E-state index contributed by atoms with van der Waals surface area (Å²) in [6.45, 7) is 7.23. The van der Waals surface area contributed by atoms with Crippen LogP contribution in [0.25, 0.3) is 0 Å². The van der Waals surface area contributed by atoms with Crippen LogP contribution in [-0.2, 0) is 9.53 Å². The molecule has 2 heterocycles. The molecule has 1 aliphatic rings. The van der Waals surface area contributed by atoms with Crippen molar-refractivity contribution in [2.45, 2.75) is 46.1 Å². The van der Waals surface area contributed by atoms with Crippen LogP contribution in [0.1, 0.15) is 46.6 Å². The second-order valence-corrected chi connectivity index (χ2v) is 7.31. The van der Waals surface area contributed by atoms with Gasteiger partial charge < -0.3 is 19.5 Å². The SMILES string of the molecule is Cc1cc(C(=O)N(CCC(=O)Nc2ccc(C)c(C)c2)C[C@H]2CCCO2)no1. The van der Waals surface area contributed by atoms with Crippen molar-refractivity contribution in [2.75, 3.05) is 25.0 Å². The van der Waals surface area contributed by atoms with Crippen LogP contribution < -0.4 is 5.32 Å². The minimum absolute atomic E-state index is 0.000225. The molecule has 0 saturated carbocycles. The van der Waals surface area contributed by atoms with Gasteiger partial charge in [-0.25, -0.2) is 0 Å². The molecule has 3 rings (SSSR count). The molecule has 1 aromatic carbocycles. The highest BCUT2D eigenvalue weighted by molar-refractivity contribution is 5.94. The number of amides is 2. The Labute approximate surface area is 165 Å². The highest BCUT2D eigenvalue weighted by Crippen LogP contribution is 2.17. The molecule has 1 aliphatic heterocycles. The normalized spacial score (nSPS) is 16.2. The van der Waals surface area contributed by atoms with Gasteiger partial charge in [-0.1, -0.05) is 11.2 Å². The van der Waals surface area contributed by atoms with E-state index in [0.717, 1.165) is 24.1 Å². The van der Waals surface area contributed by atoms with Crippen molar-refractivity contribution < 1.29 is 18.8 Å². The summed E-state index contributed by atoms with van der Waals surface area (Å²) in [7, 11) is 0. The van der Waals surface area contributed by atoms with E-state index >= 15 is 0 Å². The first-order valence-corrected chi connectivity index (χ1v) is 9.63. The smallest absolute Gasteiger partial charge is 0.276 e. The van der Waals surface area contributed by atoms with Gasteiger partial charge in [-0.05, 0) is 56.9 Å². The van der Waals surface area contributed by atoms with Gasteiger partial charge in [0, 0.05) is 37.9 Å². The highest BCUT2D eigenvalue weighted by atomic mass is 16.5. The zero-order valence-electron chi connectivity index (χ0n) is 16.7. The summed E-state index contributed by atoms with van der Waals surface area (Å²) in [4.78, 5) is 26.8. The maximum Gasteiger partial charge on any atom is 0.276 e. The van der Waals surface area contributed by atoms with E-state index in [1.807, 2.05) is 32.0 Å². The summed E-state index contributed by atoms with van der Waals surface area (Å²) < 4.78 is 10.7. The summed E-state index contributed by atoms with van der Waals surface area (Å²) in [6.07, 6.45) is 2.10. The predicted octanol–water partition coefficient (Wildman–Crippen LogP) is 3.25. The molecule has 1 N–H and O–H groups in total. The predicted molar refractivity (Wildman–Crippen MR) is 105 cm³/mol. The van der Waals surface area contributed by atoms with Crippen molar-refractivity contribution >= 4 is 17.5 Å². The Morgan fingerprint density at radius 2 is 2.04 bits per heavy atom. The zero-order chi connectivity index (χ0) is 20.1. The van der Waals surface area contributed by atoms with E-state index in [9.17, 15) is 9.59 Å². The summed E-state index contributed by atoms with van der Waals surface area (Å²) in [6, 6.07) is 7.42. The van der Waals surface area contributed by atoms with Crippen LogP contribution in [0, 0.1) is 20.8 Å². The number of ether oxygens (including phenoxy) is 1. The highest BCUT2D eigenvalue weighted by Gasteiger charge is 2.25. The number of aryl methyl sites for hydroxylation is 3. The lowest BCUT2D eigenvalue weighted by Crippen LogP contribution is -2.39. The maximum absolute atomic E-state index is 12.8. The number of benzene rings is 1. The fourth-order valence-corrected chi connectivity index (χ4v) is 3.22. The average molecular weight is 385 g/mol. The minimum atomic E-state index is -0.244. The molecule has 7 nitrogen and oxygen atoms in total. The summed E-state index contributed by atoms with van der Waals surface area (Å²) >= 11 is 0. The van der Waals surface area contributed by atoms with Crippen molar-refractivity contribution in [3.05, 3.63) is 46.8 Å². The Bertz CT molecular complexity index is 840. The van der Waals surface area contributed by atoms with E-state index in [1.54, 1.807) is 17.9 Å². The molecule has 0 radical (unpaired) electrons. The van der Waals surface area contributed by atoms with Gasteiger partial charge in [-0.2, -0.15) is 0 Å². The standard InChI is InChI=1S/C21H27N3O4/c1-14-6-7-17(11-15(14)2)22-20(25)8-9-24(13-18-5-4-10-27-18)21(26)19-12-16(3)28-23-19/h6-7,11-12,18H,4-5,8-10,13H2,1-3H3,(H,22,25)/t18-/m1/s1. The molecule has 0 aliphatic carbocycles. The van der Waals surface area contributed by atoms with Crippen molar-refractivity contribution in [1.29, 1.82) is 0 Å². The molecule has 2 amide bonds. The van der Waals surface area contributed by atoms with Gasteiger partial charge in [0.25, 0.3) is 5.91 Å². The number of anilines is 1. The second-order valence-electron chi connectivity index (χ2n) is 7.31. The summed E-state index contributed by atoms with van der Waals surface area (Å²) in [5.41, 5.74) is 3.31. The van der Waals surface area contributed by atoms with E-state index in [1.165, 1.54) is 5.56 Å². The summed E-state index contributed by atoms with van der Waals surface area (Å²) in [5.74, 6) is 0.198. The molecule has 1 fully saturated rings. The molecule has 0 bridgehead atoms. The molecule has 1 atom stereocenters. The topological polar surface area (TPSA) is 84.7 Å². The first-order valence-electron chi connectivity index (χ1n) is 9.63. The molecule has 0 unspecified atom stereocenters. The van der Waals surface area contributed by atoms with E-state index in [4.69, 9.17) is 9.26 Å². The third kappa shape index (κ3) is 5.19. The van der Waals surface area contributed by atoms with Gasteiger partial charge in [0.2, 0.25) is 5.91 Å². The Morgan fingerprint density at radius 3 is 2.68 bits per heavy atom. The number of aromatic nitrogens is 1. The largest absolute Gasteiger partial charge is 0.376 e. The van der Waals surface area contributed by atoms with Gasteiger partial charge in [0.15, 0.2) is 5.69 Å². The molecule has 1 aromatic heterocycles. The van der Waals surface area contributed by atoms with Crippen LogP contribution in [0.2, 0.25) is 0 Å². The zero-order valence-corrected chi connectivity index (χ0v) is 16.7. The average Bonchev–Trinajstić information content (AvgIpc) is 3.33. The number of carbonyl (C=O) groups is 2. The molecular weight excluding hydrogens is 358 g/mol. The Morgan fingerprint density at radius 1 is 1.21 bits per heavy atom. The molecule has 28 heavy (non-hydrogen) atoms. The first kappa shape index (κ1) is 20.1. The fourth-order valence-electron chi connectivity index (χ4n) is 3.22. The van der Waals surface area contributed by atoms with Gasteiger partial charge >= 0.3 is 0 Å². The van der Waals surface area contributed by atoms with Crippen LogP contribution in [0.15, 0.2) is 28.8 Å². The van der Waals surface area contributed by atoms with Crippen molar-refractivity contribution in [2.24, 2.45) is 0 Å². The quantitative estimate of drug-likeness (QED) is 0.791. The van der Waals surface area contributed by atoms with Crippen LogP contribution in [0.5, 0.6) is 0 Å². The fraction of sp³-hybridized carbons (Fsp3) is 0.476. The Hall–Kier alpha value is -2.67. The first-order chi connectivity index (χ1) is 13.4. The van der Waals surface area contributed by atoms with Crippen molar-refractivity contribution in [1.82, 2.24) is 10.1 Å². The Balaban J connectivity index is 1.62. The third-order valence-electron chi connectivity index (χ3n) is 4.98. The monoisotopic (exact) mass is 385 g/mol. The van der Waals surface area contributed by atoms with Crippen LogP contribution in [-0.4, -0.2) is 47.7 Å². The van der Waals surface area contributed by atoms with Crippen LogP contribution >= 0.6 is 0 Å². The number of carbonyl (C=O) groups excluding carboxylic acids is 2. The van der Waals surface area contributed by atoms with Crippen LogP contribution in [0.3, 0.4) is 0 Å². The van der Waals surface area contributed by atoms with E-state index < -0.39 is 0 Å². The maximum atomic E-state index is 12.8. The molecule has 0 spiro atoms. The van der Waals surface area contributed by atoms with Gasteiger partial charge in [0.05, 0.1) is 6.10 Å². The van der Waals surface area contributed by atoms with Crippen molar-refractivity contribution in [3.63, 3.8) is 0 Å². The number of nitrogens with one attached hydrogen (secondary N) is 1. The lowest BCUT2D eigenvalue weighted by molar-refractivity contribution is -0.116. The molecule has 7 heteroatoms. The molecule has 2 aromatic rings. The molecule has 150 valence electrons. The van der Waals surface area contributed by atoms with E-state index in [0.29, 0.717) is 25.5 Å². The lowest BCUT2D eigenvalue weighted by atomic mass is 10.1. The van der Waals surface area contributed by atoms with Gasteiger partial charge in [0.1, 0.15) is 5.76 Å². The number of nitrogens with zero attached hydrogens (tertiary/aromatic N) is 2. The lowest BCUT2D eigenvalue weighted by Gasteiger charge is -2.24. The van der Waals surface area contributed by atoms with Gasteiger partial charge in [-0.3, -0.25) is 9.59 Å². The van der Waals surface area contributed by atoms with Gasteiger partial charge in [-0.15, -0.1) is 0 Å². The third-order valence-corrected chi connectivity index (χ3v) is 4.98. The molecule has 1 saturated heterocycles. The van der Waals surface area contributed by atoms with Crippen LogP contribution in [0.4, 0.5) is 5.69 Å². The van der Waals surface area contributed by atoms with Crippen molar-refractivity contribution in [3.8, 4) is 0 Å². The Kier molecular flexibility index (Phi) is 6.46. The molecular formula is C21H27N3O4. The number of rotatable bonds is 7. The summed E-state index contributed by atoms with van der Waals surface area (Å²) in [5, 5.41) is 6.72. The number of hydrogen-bond acceptors (Lipinski definition) is 5. The minimum Gasteiger partial charge on any atom is -0.376 e. The van der Waals surface area contributed by atoms with E-state index in [-0.39, 0.29) is 30.0 Å². The van der Waals surface area contributed by atoms with E-state index in [2.05, 4.69) is 10.5 Å². The number of hydrogen-bond donors (Lipinski definition) is 1.